The third-order valence-electron chi connectivity index (χ3n) is 6.18. The van der Waals surface area contributed by atoms with Crippen LogP contribution < -0.4 is 10.1 Å². The molecule has 8 nitrogen and oxygen atoms in total. The molecule has 3 aromatic heterocycles. The summed E-state index contributed by atoms with van der Waals surface area (Å²) in [7, 11) is 0. The summed E-state index contributed by atoms with van der Waals surface area (Å²) in [5.41, 5.74) is 2.30. The number of aromatic nitrogens is 3. The maximum atomic E-state index is 13.9. The number of benzene rings is 1. The molecule has 5 rings (SSSR count). The van der Waals surface area contributed by atoms with Gasteiger partial charge in [-0.3, -0.25) is 4.79 Å². The van der Waals surface area contributed by atoms with Crippen molar-refractivity contribution in [1.29, 1.82) is 0 Å². The molecule has 1 fully saturated rings. The molecular formula is C26H24ClFN4O4. The zero-order valence-electron chi connectivity index (χ0n) is 19.4. The van der Waals surface area contributed by atoms with Gasteiger partial charge in [0.05, 0.1) is 52.9 Å². The summed E-state index contributed by atoms with van der Waals surface area (Å²) in [6.07, 6.45) is 4.46. The molecule has 3 N–H and O–H groups in total. The molecule has 2 atom stereocenters. The first kappa shape index (κ1) is 24.2. The van der Waals surface area contributed by atoms with Gasteiger partial charge in [-0.25, -0.2) is 14.4 Å². The highest BCUT2D eigenvalue weighted by Gasteiger charge is 2.25. The molecule has 1 aromatic carbocycles. The highest BCUT2D eigenvalue weighted by atomic mass is 35.5. The summed E-state index contributed by atoms with van der Waals surface area (Å²) in [5, 5.41) is 13.7. The second-order valence-corrected chi connectivity index (χ2v) is 9.01. The van der Waals surface area contributed by atoms with Gasteiger partial charge in [0.15, 0.2) is 17.3 Å². The van der Waals surface area contributed by atoms with Crippen molar-refractivity contribution in [3.05, 3.63) is 76.5 Å². The Bertz CT molecular complexity index is 1420. The molecule has 0 bridgehead atoms. The third kappa shape index (κ3) is 4.77. The van der Waals surface area contributed by atoms with Gasteiger partial charge in [0.25, 0.3) is 0 Å². The summed E-state index contributed by atoms with van der Waals surface area (Å²) in [6, 6.07) is 9.14. The normalized spacial score (nSPS) is 17.8. The Morgan fingerprint density at radius 2 is 2.11 bits per heavy atom. The molecule has 1 saturated heterocycles. The van der Waals surface area contributed by atoms with E-state index in [1.165, 1.54) is 24.4 Å². The van der Waals surface area contributed by atoms with E-state index in [0.717, 1.165) is 6.42 Å². The van der Waals surface area contributed by atoms with E-state index in [0.29, 0.717) is 51.6 Å². The van der Waals surface area contributed by atoms with E-state index < -0.39 is 5.82 Å². The molecule has 1 aliphatic rings. The number of carbonyl (C=O) groups excluding carboxylic acids is 1. The first-order valence-corrected chi connectivity index (χ1v) is 11.9. The summed E-state index contributed by atoms with van der Waals surface area (Å²) in [4.78, 5) is 25.3. The Hall–Kier alpha value is -3.53. The van der Waals surface area contributed by atoms with Crippen LogP contribution in [0.4, 0.5) is 10.1 Å². The summed E-state index contributed by atoms with van der Waals surface area (Å²) in [6.45, 7) is 2.09. The lowest BCUT2D eigenvalue weighted by Crippen LogP contribution is -2.36. The Morgan fingerprint density at radius 1 is 1.28 bits per heavy atom. The number of para-hydroxylation sites is 1. The maximum Gasteiger partial charge on any atom is 0.219 e. The number of H-pyrrole nitrogens is 1. The van der Waals surface area contributed by atoms with Gasteiger partial charge in [-0.2, -0.15) is 0 Å². The second kappa shape index (κ2) is 10.2. The molecule has 186 valence electrons. The standard InChI is InChI=1S/C26H24ClFN4O4/c1-14-17(8-9-22(31-14)36-21-5-3-2-4-20(21)28)25(34)18-10-29-26-23(18)24(19(27)11-30-26)32-15-6-7-16(12-33)35-13-15/h2-5,8-11,15-16,33H,6-7,12-13H2,1H3,(H2,29,30,32)/t15-,16+/m1/s1. The molecule has 0 radical (unpaired) electrons. The van der Waals surface area contributed by atoms with Gasteiger partial charge < -0.3 is 24.9 Å². The fourth-order valence-electron chi connectivity index (χ4n) is 4.28. The van der Waals surface area contributed by atoms with Crippen molar-refractivity contribution in [2.45, 2.75) is 31.9 Å². The number of nitrogens with zero attached hydrogens (tertiary/aromatic N) is 2. The number of ether oxygens (including phenoxy) is 2. The molecule has 10 heteroatoms. The van der Waals surface area contributed by atoms with Crippen molar-refractivity contribution < 1.29 is 23.8 Å². The number of rotatable bonds is 7. The average molecular weight is 511 g/mol. The van der Waals surface area contributed by atoms with Gasteiger partial charge in [-0.1, -0.05) is 23.7 Å². The van der Waals surface area contributed by atoms with Crippen LogP contribution >= 0.6 is 11.6 Å². The first-order valence-electron chi connectivity index (χ1n) is 11.5. The van der Waals surface area contributed by atoms with E-state index in [2.05, 4.69) is 20.3 Å². The molecular weight excluding hydrogens is 487 g/mol. The van der Waals surface area contributed by atoms with Crippen LogP contribution in [0.2, 0.25) is 5.02 Å². The number of pyridine rings is 2. The number of nitrogens with one attached hydrogen (secondary N) is 2. The van der Waals surface area contributed by atoms with E-state index in [-0.39, 0.29) is 36.2 Å². The smallest absolute Gasteiger partial charge is 0.219 e. The lowest BCUT2D eigenvalue weighted by atomic mass is 10.0. The van der Waals surface area contributed by atoms with Crippen LogP contribution in [0.25, 0.3) is 11.0 Å². The zero-order chi connectivity index (χ0) is 25.2. The van der Waals surface area contributed by atoms with E-state index in [9.17, 15) is 14.3 Å². The van der Waals surface area contributed by atoms with E-state index in [1.54, 1.807) is 31.3 Å². The van der Waals surface area contributed by atoms with Gasteiger partial charge in [0, 0.05) is 23.9 Å². The van der Waals surface area contributed by atoms with Crippen molar-refractivity contribution >= 4 is 34.1 Å². The van der Waals surface area contributed by atoms with E-state index in [1.807, 2.05) is 0 Å². The van der Waals surface area contributed by atoms with Gasteiger partial charge in [-0.15, -0.1) is 0 Å². The minimum atomic E-state index is -0.504. The molecule has 4 heterocycles. The highest BCUT2D eigenvalue weighted by Crippen LogP contribution is 2.35. The molecule has 0 unspecified atom stereocenters. The highest BCUT2D eigenvalue weighted by molar-refractivity contribution is 6.35. The van der Waals surface area contributed by atoms with Crippen molar-refractivity contribution in [3.8, 4) is 11.6 Å². The fraction of sp³-hybridized carbons (Fsp3) is 0.269. The summed E-state index contributed by atoms with van der Waals surface area (Å²) >= 11 is 6.51. The first-order chi connectivity index (χ1) is 17.4. The number of fused-ring (bicyclic) bond motifs is 1. The van der Waals surface area contributed by atoms with Gasteiger partial charge >= 0.3 is 0 Å². The van der Waals surface area contributed by atoms with Crippen LogP contribution in [0.3, 0.4) is 0 Å². The predicted octanol–water partition coefficient (Wildman–Crippen LogP) is 5.03. The molecule has 1 aliphatic heterocycles. The van der Waals surface area contributed by atoms with Crippen molar-refractivity contribution in [3.63, 3.8) is 0 Å². The Balaban J connectivity index is 1.44. The average Bonchev–Trinajstić information content (AvgIpc) is 3.32. The van der Waals surface area contributed by atoms with Crippen LogP contribution in [-0.2, 0) is 4.74 Å². The van der Waals surface area contributed by atoms with Crippen molar-refractivity contribution in [2.75, 3.05) is 18.5 Å². The van der Waals surface area contributed by atoms with Crippen molar-refractivity contribution in [1.82, 2.24) is 15.0 Å². The number of aromatic amines is 1. The number of aliphatic hydroxyl groups is 1. The Labute approximate surface area is 211 Å². The quantitative estimate of drug-likeness (QED) is 0.299. The lowest BCUT2D eigenvalue weighted by Gasteiger charge is -2.29. The van der Waals surface area contributed by atoms with Gasteiger partial charge in [-0.05, 0) is 38.0 Å². The topological polar surface area (TPSA) is 109 Å². The fourth-order valence-corrected chi connectivity index (χ4v) is 4.48. The summed E-state index contributed by atoms with van der Waals surface area (Å²) in [5.74, 6) is -0.543. The molecule has 36 heavy (non-hydrogen) atoms. The Morgan fingerprint density at radius 3 is 2.83 bits per heavy atom. The SMILES string of the molecule is Cc1nc(Oc2ccccc2F)ccc1C(=O)c1c[nH]c2ncc(Cl)c(N[C@@H]3CC[C@@H](CO)OC3)c12. The van der Waals surface area contributed by atoms with E-state index >= 15 is 0 Å². The molecule has 0 saturated carbocycles. The number of hydrogen-bond acceptors (Lipinski definition) is 7. The van der Waals surface area contributed by atoms with E-state index in [4.69, 9.17) is 21.1 Å². The van der Waals surface area contributed by atoms with Crippen LogP contribution in [0.5, 0.6) is 11.6 Å². The number of anilines is 1. The van der Waals surface area contributed by atoms with Crippen LogP contribution in [0, 0.1) is 12.7 Å². The van der Waals surface area contributed by atoms with Crippen LogP contribution in [-0.4, -0.2) is 51.2 Å². The third-order valence-corrected chi connectivity index (χ3v) is 6.46. The molecule has 4 aromatic rings. The number of halogens is 2. The number of carbonyl (C=O) groups is 1. The second-order valence-electron chi connectivity index (χ2n) is 8.61. The van der Waals surface area contributed by atoms with Gasteiger partial charge in [0.1, 0.15) is 5.65 Å². The molecule has 0 aliphatic carbocycles. The number of hydrogen-bond donors (Lipinski definition) is 3. The monoisotopic (exact) mass is 510 g/mol. The number of aliphatic hydroxyl groups excluding tert-OH is 1. The molecule has 0 amide bonds. The maximum absolute atomic E-state index is 13.9. The summed E-state index contributed by atoms with van der Waals surface area (Å²) < 4.78 is 25.2. The van der Waals surface area contributed by atoms with Crippen LogP contribution in [0.15, 0.2) is 48.8 Å². The van der Waals surface area contributed by atoms with Gasteiger partial charge in [0.2, 0.25) is 5.88 Å². The number of aryl methyl sites for hydroxylation is 1. The molecule has 0 spiro atoms. The largest absolute Gasteiger partial charge is 0.436 e. The Kier molecular flexibility index (Phi) is 6.86. The lowest BCUT2D eigenvalue weighted by molar-refractivity contribution is -0.0223. The predicted molar refractivity (Wildman–Crippen MR) is 133 cm³/mol. The minimum Gasteiger partial charge on any atom is -0.436 e. The number of ketones is 1. The zero-order valence-corrected chi connectivity index (χ0v) is 20.2. The minimum absolute atomic E-state index is 0.0130. The van der Waals surface area contributed by atoms with Crippen molar-refractivity contribution in [2.24, 2.45) is 0 Å². The van der Waals surface area contributed by atoms with Crippen LogP contribution in [0.1, 0.15) is 34.5 Å².